The van der Waals surface area contributed by atoms with Crippen LogP contribution >= 0.6 is 11.6 Å². The standard InChI is InChI=1S/C20H17ClFN3O/c21-18-10-15(22)7-6-14(18)12-25-9-8-19(24-25)23-20(26)17-11-16(17)13-4-2-1-3-5-13/h1-10,16-17H,11-12H2,(H,23,24,26). The largest absolute Gasteiger partial charge is 0.309 e. The predicted molar refractivity (Wildman–Crippen MR) is 98.7 cm³/mol. The third-order valence-electron chi connectivity index (χ3n) is 4.59. The predicted octanol–water partition coefficient (Wildman–Crippen LogP) is 4.47. The van der Waals surface area contributed by atoms with Crippen LogP contribution in [0.15, 0.2) is 60.8 Å². The second-order valence-electron chi connectivity index (χ2n) is 6.48. The lowest BCUT2D eigenvalue weighted by molar-refractivity contribution is -0.117. The van der Waals surface area contributed by atoms with Crippen LogP contribution in [0.3, 0.4) is 0 Å². The number of halogens is 2. The van der Waals surface area contributed by atoms with Crippen LogP contribution in [0, 0.1) is 11.7 Å². The fourth-order valence-corrected chi connectivity index (χ4v) is 3.34. The molecule has 1 saturated carbocycles. The summed E-state index contributed by atoms with van der Waals surface area (Å²) in [5.74, 6) is 0.408. The van der Waals surface area contributed by atoms with Crippen molar-refractivity contribution in [2.45, 2.75) is 18.9 Å². The van der Waals surface area contributed by atoms with Crippen LogP contribution in [-0.4, -0.2) is 15.7 Å². The summed E-state index contributed by atoms with van der Waals surface area (Å²) in [6.45, 7) is 0.408. The highest BCUT2D eigenvalue weighted by Gasteiger charge is 2.43. The number of carbonyl (C=O) groups excluding carboxylic acids is 1. The van der Waals surface area contributed by atoms with Gasteiger partial charge in [0.2, 0.25) is 5.91 Å². The van der Waals surface area contributed by atoms with Gasteiger partial charge in [0.25, 0.3) is 0 Å². The van der Waals surface area contributed by atoms with Crippen LogP contribution in [0.4, 0.5) is 10.2 Å². The van der Waals surface area contributed by atoms with Crippen LogP contribution < -0.4 is 5.32 Å². The van der Waals surface area contributed by atoms with Crippen molar-refractivity contribution in [3.8, 4) is 0 Å². The minimum absolute atomic E-state index is 0.00547. The zero-order valence-electron chi connectivity index (χ0n) is 13.9. The molecule has 26 heavy (non-hydrogen) atoms. The van der Waals surface area contributed by atoms with E-state index in [4.69, 9.17) is 11.6 Å². The average Bonchev–Trinajstić information content (AvgIpc) is 3.33. The van der Waals surface area contributed by atoms with Gasteiger partial charge in [-0.2, -0.15) is 5.10 Å². The molecule has 1 fully saturated rings. The molecule has 1 amide bonds. The van der Waals surface area contributed by atoms with E-state index in [1.165, 1.54) is 17.7 Å². The molecule has 4 rings (SSSR count). The lowest BCUT2D eigenvalue weighted by Crippen LogP contribution is -2.15. The van der Waals surface area contributed by atoms with Crippen LogP contribution in [0.25, 0.3) is 0 Å². The Hall–Kier alpha value is -2.66. The number of hydrogen-bond acceptors (Lipinski definition) is 2. The summed E-state index contributed by atoms with van der Waals surface area (Å²) in [5, 5.41) is 7.58. The first-order valence-corrected chi connectivity index (χ1v) is 8.81. The first-order chi connectivity index (χ1) is 12.6. The van der Waals surface area contributed by atoms with Crippen molar-refractivity contribution in [1.29, 1.82) is 0 Å². The van der Waals surface area contributed by atoms with E-state index in [1.807, 2.05) is 18.2 Å². The summed E-state index contributed by atoms with van der Waals surface area (Å²) in [6, 6.07) is 16.1. The molecule has 1 heterocycles. The minimum Gasteiger partial charge on any atom is -0.309 e. The van der Waals surface area contributed by atoms with Gasteiger partial charge in [-0.05, 0) is 35.6 Å². The second kappa shape index (κ2) is 6.92. The van der Waals surface area contributed by atoms with E-state index in [2.05, 4.69) is 22.5 Å². The number of carbonyl (C=O) groups is 1. The maximum atomic E-state index is 13.1. The van der Waals surface area contributed by atoms with Crippen molar-refractivity contribution in [1.82, 2.24) is 9.78 Å². The molecule has 1 aliphatic rings. The zero-order chi connectivity index (χ0) is 18.1. The van der Waals surface area contributed by atoms with Crippen molar-refractivity contribution in [2.75, 3.05) is 5.32 Å². The fourth-order valence-electron chi connectivity index (χ4n) is 3.11. The van der Waals surface area contributed by atoms with Gasteiger partial charge in [-0.1, -0.05) is 48.0 Å². The molecule has 0 spiro atoms. The van der Waals surface area contributed by atoms with Gasteiger partial charge >= 0.3 is 0 Å². The van der Waals surface area contributed by atoms with E-state index in [0.29, 0.717) is 17.4 Å². The molecule has 1 aliphatic carbocycles. The average molecular weight is 370 g/mol. The monoisotopic (exact) mass is 369 g/mol. The molecule has 4 nitrogen and oxygen atoms in total. The highest BCUT2D eigenvalue weighted by molar-refractivity contribution is 6.31. The van der Waals surface area contributed by atoms with Gasteiger partial charge in [0, 0.05) is 23.2 Å². The number of nitrogens with zero attached hydrogens (tertiary/aromatic N) is 2. The fraction of sp³-hybridized carbons (Fsp3) is 0.200. The van der Waals surface area contributed by atoms with Gasteiger partial charge in [0.1, 0.15) is 5.82 Å². The van der Waals surface area contributed by atoms with Crippen molar-refractivity contribution >= 4 is 23.3 Å². The van der Waals surface area contributed by atoms with Gasteiger partial charge < -0.3 is 5.32 Å². The van der Waals surface area contributed by atoms with Gasteiger partial charge in [-0.3, -0.25) is 9.48 Å². The minimum atomic E-state index is -0.371. The molecule has 3 aromatic rings. The molecule has 6 heteroatoms. The smallest absolute Gasteiger partial charge is 0.229 e. The Morgan fingerprint density at radius 2 is 2.04 bits per heavy atom. The Kier molecular flexibility index (Phi) is 4.47. The summed E-state index contributed by atoms with van der Waals surface area (Å²) in [6.07, 6.45) is 2.62. The van der Waals surface area contributed by atoms with E-state index in [-0.39, 0.29) is 23.6 Å². The normalized spacial score (nSPS) is 18.5. The third kappa shape index (κ3) is 3.63. The van der Waals surface area contributed by atoms with Crippen molar-refractivity contribution < 1.29 is 9.18 Å². The Morgan fingerprint density at radius 3 is 2.81 bits per heavy atom. The first kappa shape index (κ1) is 16.8. The molecule has 2 unspecified atom stereocenters. The van der Waals surface area contributed by atoms with Crippen LogP contribution in [-0.2, 0) is 11.3 Å². The number of benzene rings is 2. The molecule has 0 bridgehead atoms. The van der Waals surface area contributed by atoms with E-state index < -0.39 is 0 Å². The van der Waals surface area contributed by atoms with Gasteiger partial charge in [-0.25, -0.2) is 4.39 Å². The van der Waals surface area contributed by atoms with Crippen molar-refractivity contribution in [3.05, 3.63) is 82.8 Å². The molecule has 0 radical (unpaired) electrons. The lowest BCUT2D eigenvalue weighted by atomic mass is 10.1. The number of rotatable bonds is 5. The molecular weight excluding hydrogens is 353 g/mol. The van der Waals surface area contributed by atoms with Crippen LogP contribution in [0.5, 0.6) is 0 Å². The highest BCUT2D eigenvalue weighted by atomic mass is 35.5. The Morgan fingerprint density at radius 1 is 1.23 bits per heavy atom. The summed E-state index contributed by atoms with van der Waals surface area (Å²) >= 11 is 6.04. The number of anilines is 1. The Labute approximate surface area is 155 Å². The summed E-state index contributed by atoms with van der Waals surface area (Å²) in [4.78, 5) is 12.4. The molecular formula is C20H17ClFN3O. The molecule has 132 valence electrons. The number of amides is 1. The molecule has 0 saturated heterocycles. The summed E-state index contributed by atoms with van der Waals surface area (Å²) in [5.41, 5.74) is 1.96. The Bertz CT molecular complexity index is 941. The number of hydrogen-bond donors (Lipinski definition) is 1. The van der Waals surface area contributed by atoms with Gasteiger partial charge in [0.15, 0.2) is 5.82 Å². The number of aromatic nitrogens is 2. The topological polar surface area (TPSA) is 46.9 Å². The van der Waals surface area contributed by atoms with Gasteiger partial charge in [0.05, 0.1) is 6.54 Å². The molecule has 2 aromatic carbocycles. The van der Waals surface area contributed by atoms with E-state index in [1.54, 1.807) is 23.0 Å². The van der Waals surface area contributed by atoms with Crippen LogP contribution in [0.2, 0.25) is 5.02 Å². The van der Waals surface area contributed by atoms with Crippen molar-refractivity contribution in [3.63, 3.8) is 0 Å². The Balaban J connectivity index is 1.37. The second-order valence-corrected chi connectivity index (χ2v) is 6.89. The van der Waals surface area contributed by atoms with E-state index in [9.17, 15) is 9.18 Å². The maximum Gasteiger partial charge on any atom is 0.229 e. The first-order valence-electron chi connectivity index (χ1n) is 8.43. The van der Waals surface area contributed by atoms with Gasteiger partial charge in [-0.15, -0.1) is 0 Å². The highest BCUT2D eigenvalue weighted by Crippen LogP contribution is 2.47. The summed E-state index contributed by atoms with van der Waals surface area (Å²) in [7, 11) is 0. The van der Waals surface area contributed by atoms with E-state index >= 15 is 0 Å². The molecule has 1 aromatic heterocycles. The molecule has 2 atom stereocenters. The molecule has 0 aliphatic heterocycles. The molecule has 1 N–H and O–H groups in total. The zero-order valence-corrected chi connectivity index (χ0v) is 14.7. The maximum absolute atomic E-state index is 13.1. The van der Waals surface area contributed by atoms with Crippen LogP contribution in [0.1, 0.15) is 23.5 Å². The quantitative estimate of drug-likeness (QED) is 0.721. The summed E-state index contributed by atoms with van der Waals surface area (Å²) < 4.78 is 14.8. The number of nitrogens with one attached hydrogen (secondary N) is 1. The lowest BCUT2D eigenvalue weighted by Gasteiger charge is -2.05. The van der Waals surface area contributed by atoms with Crippen molar-refractivity contribution in [2.24, 2.45) is 5.92 Å². The third-order valence-corrected chi connectivity index (χ3v) is 4.95. The van der Waals surface area contributed by atoms with E-state index in [0.717, 1.165) is 12.0 Å². The SMILES string of the molecule is O=C(Nc1ccn(Cc2ccc(F)cc2Cl)n1)C1CC1c1ccccc1.